The molecule has 0 spiro atoms. The van der Waals surface area contributed by atoms with E-state index in [1.807, 2.05) is 13.0 Å². The summed E-state index contributed by atoms with van der Waals surface area (Å²) in [5.74, 6) is 1.10. The third-order valence-corrected chi connectivity index (χ3v) is 3.65. The van der Waals surface area contributed by atoms with Crippen molar-refractivity contribution in [1.82, 2.24) is 4.98 Å². The summed E-state index contributed by atoms with van der Waals surface area (Å²) in [6, 6.07) is 3.67. The Bertz CT molecular complexity index is 409. The normalized spacial score (nSPS) is 12.2. The van der Waals surface area contributed by atoms with E-state index in [9.17, 15) is 4.79 Å². The lowest BCUT2D eigenvalue weighted by atomic mass is 10.0. The first kappa shape index (κ1) is 15.1. The highest BCUT2D eigenvalue weighted by Gasteiger charge is 2.07. The van der Waals surface area contributed by atoms with Gasteiger partial charge < -0.3 is 11.1 Å². The highest BCUT2D eigenvalue weighted by Crippen LogP contribution is 2.16. The SMILES string of the molecule is Cc1nc(NC(=O)CCC(C)CCN)ccc1Br. The molecule has 0 bridgehead atoms. The summed E-state index contributed by atoms with van der Waals surface area (Å²) in [6.45, 7) is 4.68. The maximum Gasteiger partial charge on any atom is 0.225 e. The van der Waals surface area contributed by atoms with Gasteiger partial charge in [-0.15, -0.1) is 0 Å². The number of aryl methyl sites for hydroxylation is 1. The fourth-order valence-electron chi connectivity index (χ4n) is 1.63. The molecule has 0 aliphatic heterocycles. The highest BCUT2D eigenvalue weighted by molar-refractivity contribution is 9.10. The number of nitrogens with one attached hydrogen (secondary N) is 1. The van der Waals surface area contributed by atoms with Gasteiger partial charge in [0.2, 0.25) is 5.91 Å². The molecule has 0 saturated carbocycles. The van der Waals surface area contributed by atoms with Gasteiger partial charge in [-0.2, -0.15) is 0 Å². The second kappa shape index (κ2) is 7.48. The van der Waals surface area contributed by atoms with Crippen LogP contribution in [0.5, 0.6) is 0 Å². The van der Waals surface area contributed by atoms with E-state index in [1.165, 1.54) is 0 Å². The van der Waals surface area contributed by atoms with Crippen LogP contribution in [0.2, 0.25) is 0 Å². The summed E-state index contributed by atoms with van der Waals surface area (Å²) in [5, 5.41) is 2.81. The van der Waals surface area contributed by atoms with Crippen LogP contribution in [0, 0.1) is 12.8 Å². The van der Waals surface area contributed by atoms with Crippen LogP contribution < -0.4 is 11.1 Å². The van der Waals surface area contributed by atoms with Gasteiger partial charge in [-0.3, -0.25) is 4.79 Å². The molecule has 0 saturated heterocycles. The fourth-order valence-corrected chi connectivity index (χ4v) is 1.85. The molecule has 1 amide bonds. The van der Waals surface area contributed by atoms with E-state index >= 15 is 0 Å². The highest BCUT2D eigenvalue weighted by atomic mass is 79.9. The van der Waals surface area contributed by atoms with Gasteiger partial charge in [0.1, 0.15) is 5.82 Å². The summed E-state index contributed by atoms with van der Waals surface area (Å²) in [7, 11) is 0. The summed E-state index contributed by atoms with van der Waals surface area (Å²) in [5.41, 5.74) is 6.34. The summed E-state index contributed by atoms with van der Waals surface area (Å²) in [4.78, 5) is 16.0. The first-order valence-corrected chi connectivity index (χ1v) is 6.95. The Balaban J connectivity index is 2.42. The number of hydrogen-bond acceptors (Lipinski definition) is 3. The first-order chi connectivity index (χ1) is 8.52. The molecule has 0 aliphatic rings. The molecule has 100 valence electrons. The Morgan fingerprint density at radius 3 is 2.83 bits per heavy atom. The Morgan fingerprint density at radius 1 is 1.50 bits per heavy atom. The standard InChI is InChI=1S/C13H20BrN3O/c1-9(7-8-15)3-6-13(18)17-12-5-4-11(14)10(2)16-12/h4-5,9H,3,6-8,15H2,1-2H3,(H,16,17,18). The van der Waals surface area contributed by atoms with Gasteiger partial charge in [0, 0.05) is 10.9 Å². The van der Waals surface area contributed by atoms with Crippen LogP contribution in [-0.4, -0.2) is 17.4 Å². The summed E-state index contributed by atoms with van der Waals surface area (Å²) in [6.07, 6.45) is 2.33. The van der Waals surface area contributed by atoms with Crippen molar-refractivity contribution in [1.29, 1.82) is 0 Å². The number of amides is 1. The molecule has 18 heavy (non-hydrogen) atoms. The summed E-state index contributed by atoms with van der Waals surface area (Å²) < 4.78 is 0.942. The number of carbonyl (C=O) groups is 1. The molecule has 0 aromatic carbocycles. The quantitative estimate of drug-likeness (QED) is 0.848. The zero-order chi connectivity index (χ0) is 13.5. The Kier molecular flexibility index (Phi) is 6.29. The van der Waals surface area contributed by atoms with Crippen LogP contribution in [0.15, 0.2) is 16.6 Å². The number of rotatable bonds is 6. The fraction of sp³-hybridized carbons (Fsp3) is 0.538. The van der Waals surface area contributed by atoms with Crippen molar-refractivity contribution in [3.05, 3.63) is 22.3 Å². The number of pyridine rings is 1. The molecule has 5 heteroatoms. The molecule has 0 fully saturated rings. The van der Waals surface area contributed by atoms with E-state index in [1.54, 1.807) is 6.07 Å². The lowest BCUT2D eigenvalue weighted by Crippen LogP contribution is -2.15. The number of nitrogens with two attached hydrogens (primary N) is 1. The molecule has 1 aromatic rings. The van der Waals surface area contributed by atoms with Gasteiger partial charge in [0.25, 0.3) is 0 Å². The average Bonchev–Trinajstić information content (AvgIpc) is 2.32. The first-order valence-electron chi connectivity index (χ1n) is 6.16. The molecule has 1 atom stereocenters. The van der Waals surface area contributed by atoms with E-state index < -0.39 is 0 Å². The van der Waals surface area contributed by atoms with E-state index in [0.29, 0.717) is 24.7 Å². The minimum Gasteiger partial charge on any atom is -0.330 e. The van der Waals surface area contributed by atoms with Crippen molar-refractivity contribution < 1.29 is 4.79 Å². The number of hydrogen-bond donors (Lipinski definition) is 2. The molecule has 3 N–H and O–H groups in total. The van der Waals surface area contributed by atoms with Crippen molar-refractivity contribution in [2.24, 2.45) is 11.7 Å². The maximum atomic E-state index is 11.7. The topological polar surface area (TPSA) is 68.0 Å². The van der Waals surface area contributed by atoms with E-state index in [-0.39, 0.29) is 5.91 Å². The molecule has 0 radical (unpaired) electrons. The summed E-state index contributed by atoms with van der Waals surface area (Å²) >= 11 is 3.38. The van der Waals surface area contributed by atoms with Crippen LogP contribution in [0.1, 0.15) is 31.9 Å². The molecule has 0 aliphatic carbocycles. The third-order valence-electron chi connectivity index (χ3n) is 2.81. The van der Waals surface area contributed by atoms with Gasteiger partial charge in [0.15, 0.2) is 0 Å². The van der Waals surface area contributed by atoms with E-state index in [4.69, 9.17) is 5.73 Å². The molecular formula is C13H20BrN3O. The monoisotopic (exact) mass is 313 g/mol. The van der Waals surface area contributed by atoms with E-state index in [2.05, 4.69) is 33.2 Å². The smallest absolute Gasteiger partial charge is 0.225 e. The number of aromatic nitrogens is 1. The second-order valence-electron chi connectivity index (χ2n) is 4.53. The molecule has 1 unspecified atom stereocenters. The van der Waals surface area contributed by atoms with Gasteiger partial charge >= 0.3 is 0 Å². The molecule has 1 heterocycles. The molecular weight excluding hydrogens is 294 g/mol. The van der Waals surface area contributed by atoms with Crippen LogP contribution in [0.3, 0.4) is 0 Å². The lowest BCUT2D eigenvalue weighted by Gasteiger charge is -2.10. The minimum atomic E-state index is 0.00749. The lowest BCUT2D eigenvalue weighted by molar-refractivity contribution is -0.116. The van der Waals surface area contributed by atoms with E-state index in [0.717, 1.165) is 23.0 Å². The van der Waals surface area contributed by atoms with Gasteiger partial charge in [-0.1, -0.05) is 6.92 Å². The van der Waals surface area contributed by atoms with Crippen molar-refractivity contribution in [3.63, 3.8) is 0 Å². The predicted octanol–water partition coefficient (Wildman–Crippen LogP) is 2.86. The van der Waals surface area contributed by atoms with Crippen molar-refractivity contribution in [2.45, 2.75) is 33.1 Å². The van der Waals surface area contributed by atoms with Crippen LogP contribution in [-0.2, 0) is 4.79 Å². The molecule has 4 nitrogen and oxygen atoms in total. The molecule has 1 aromatic heterocycles. The Labute approximate surface area is 116 Å². The maximum absolute atomic E-state index is 11.7. The third kappa shape index (κ3) is 5.14. The van der Waals surface area contributed by atoms with Gasteiger partial charge in [0.05, 0.1) is 5.69 Å². The van der Waals surface area contributed by atoms with Gasteiger partial charge in [-0.25, -0.2) is 4.98 Å². The number of anilines is 1. The Morgan fingerprint density at radius 2 is 2.22 bits per heavy atom. The van der Waals surface area contributed by atoms with Crippen molar-refractivity contribution >= 4 is 27.7 Å². The molecule has 1 rings (SSSR count). The van der Waals surface area contributed by atoms with Crippen molar-refractivity contribution in [3.8, 4) is 0 Å². The number of nitrogens with zero attached hydrogens (tertiary/aromatic N) is 1. The van der Waals surface area contributed by atoms with Crippen molar-refractivity contribution in [2.75, 3.05) is 11.9 Å². The number of halogens is 1. The average molecular weight is 314 g/mol. The van der Waals surface area contributed by atoms with Gasteiger partial charge in [-0.05, 0) is 60.3 Å². The zero-order valence-corrected chi connectivity index (χ0v) is 12.5. The van der Waals surface area contributed by atoms with Crippen LogP contribution >= 0.6 is 15.9 Å². The Hall–Kier alpha value is -0.940. The van der Waals surface area contributed by atoms with Crippen LogP contribution in [0.25, 0.3) is 0 Å². The minimum absolute atomic E-state index is 0.00749. The second-order valence-corrected chi connectivity index (χ2v) is 5.39. The predicted molar refractivity (Wildman–Crippen MR) is 77.4 cm³/mol. The number of carbonyl (C=O) groups excluding carboxylic acids is 1. The zero-order valence-electron chi connectivity index (χ0n) is 10.9. The largest absolute Gasteiger partial charge is 0.330 e. The van der Waals surface area contributed by atoms with Crippen LogP contribution in [0.4, 0.5) is 5.82 Å².